The maximum absolute atomic E-state index is 12.5. The summed E-state index contributed by atoms with van der Waals surface area (Å²) in [5.41, 5.74) is 3.36. The van der Waals surface area contributed by atoms with Gasteiger partial charge in [0.05, 0.1) is 18.0 Å². The van der Waals surface area contributed by atoms with E-state index in [1.165, 1.54) is 30.7 Å². The Bertz CT molecular complexity index is 832. The van der Waals surface area contributed by atoms with Crippen LogP contribution in [0.4, 0.5) is 5.69 Å². The number of nitrogens with zero attached hydrogens (tertiary/aromatic N) is 1. The van der Waals surface area contributed by atoms with Crippen molar-refractivity contribution in [2.24, 2.45) is 5.92 Å². The van der Waals surface area contributed by atoms with E-state index in [1.54, 1.807) is 12.1 Å². The minimum atomic E-state index is -0.965. The largest absolute Gasteiger partial charge is 0.478 e. The van der Waals surface area contributed by atoms with Crippen molar-refractivity contribution in [3.8, 4) is 0 Å². The average Bonchev–Trinajstić information content (AvgIpc) is 2.68. The summed E-state index contributed by atoms with van der Waals surface area (Å²) in [5, 5.41) is 12.1. The molecule has 1 heterocycles. The van der Waals surface area contributed by atoms with Crippen LogP contribution < -0.4 is 10.2 Å². The fourth-order valence-corrected chi connectivity index (χ4v) is 3.87. The van der Waals surface area contributed by atoms with Gasteiger partial charge < -0.3 is 15.3 Å². The molecule has 1 amide bonds. The van der Waals surface area contributed by atoms with E-state index in [-0.39, 0.29) is 23.9 Å². The van der Waals surface area contributed by atoms with Crippen LogP contribution in [0.2, 0.25) is 0 Å². The van der Waals surface area contributed by atoms with Gasteiger partial charge in [0.1, 0.15) is 0 Å². The van der Waals surface area contributed by atoms with E-state index in [1.807, 2.05) is 13.0 Å². The molecule has 2 atom stereocenters. The summed E-state index contributed by atoms with van der Waals surface area (Å²) in [4.78, 5) is 25.9. The number of carboxylic acids is 1. The van der Waals surface area contributed by atoms with E-state index < -0.39 is 5.97 Å². The molecule has 1 aliphatic heterocycles. The third-order valence-electron chi connectivity index (χ3n) is 5.34. The van der Waals surface area contributed by atoms with Crippen molar-refractivity contribution in [3.05, 3.63) is 65.2 Å². The number of para-hydroxylation sites is 1. The molecule has 2 aromatic rings. The lowest BCUT2D eigenvalue weighted by molar-refractivity contribution is -0.121. The third kappa shape index (κ3) is 4.91. The first-order valence-corrected chi connectivity index (χ1v) is 9.89. The number of hydrogen-bond donors (Lipinski definition) is 2. The van der Waals surface area contributed by atoms with E-state index in [9.17, 15) is 9.59 Å². The van der Waals surface area contributed by atoms with E-state index >= 15 is 0 Å². The van der Waals surface area contributed by atoms with Gasteiger partial charge in [-0.15, -0.1) is 0 Å². The molecular weight excluding hydrogens is 352 g/mol. The van der Waals surface area contributed by atoms with Gasteiger partial charge in [0.25, 0.3) is 0 Å². The van der Waals surface area contributed by atoms with Crippen molar-refractivity contribution < 1.29 is 14.7 Å². The molecule has 0 saturated carbocycles. The number of nitrogens with one attached hydrogen (secondary N) is 1. The van der Waals surface area contributed by atoms with Gasteiger partial charge in [0, 0.05) is 18.8 Å². The third-order valence-corrected chi connectivity index (χ3v) is 5.34. The van der Waals surface area contributed by atoms with Crippen LogP contribution >= 0.6 is 0 Å². The van der Waals surface area contributed by atoms with Crippen LogP contribution in [0, 0.1) is 5.92 Å². The highest BCUT2D eigenvalue weighted by Gasteiger charge is 2.21. The molecule has 1 saturated heterocycles. The van der Waals surface area contributed by atoms with Crippen LogP contribution in [-0.4, -0.2) is 30.1 Å². The lowest BCUT2D eigenvalue weighted by atomic mass is 9.97. The van der Waals surface area contributed by atoms with Gasteiger partial charge in [0.2, 0.25) is 5.91 Å². The summed E-state index contributed by atoms with van der Waals surface area (Å²) in [6, 6.07) is 14.6. The number of piperidine rings is 1. The molecule has 2 N–H and O–H groups in total. The second kappa shape index (κ2) is 8.91. The van der Waals surface area contributed by atoms with E-state index in [0.29, 0.717) is 5.92 Å². The van der Waals surface area contributed by atoms with Crippen molar-refractivity contribution >= 4 is 17.6 Å². The quantitative estimate of drug-likeness (QED) is 0.793. The zero-order valence-electron chi connectivity index (χ0n) is 16.5. The summed E-state index contributed by atoms with van der Waals surface area (Å²) >= 11 is 0. The van der Waals surface area contributed by atoms with Gasteiger partial charge in [-0.1, -0.05) is 37.3 Å². The van der Waals surface area contributed by atoms with Crippen LogP contribution in [0.5, 0.6) is 0 Å². The summed E-state index contributed by atoms with van der Waals surface area (Å²) in [7, 11) is 0. The average molecular weight is 380 g/mol. The minimum Gasteiger partial charge on any atom is -0.478 e. The van der Waals surface area contributed by atoms with E-state index in [2.05, 4.69) is 35.3 Å². The van der Waals surface area contributed by atoms with Crippen molar-refractivity contribution in [2.75, 3.05) is 18.0 Å². The lowest BCUT2D eigenvalue weighted by Crippen LogP contribution is -2.36. The Hall–Kier alpha value is -2.82. The highest BCUT2D eigenvalue weighted by Crippen LogP contribution is 2.30. The molecule has 0 bridgehead atoms. The van der Waals surface area contributed by atoms with Crippen molar-refractivity contribution in [2.45, 2.75) is 39.2 Å². The summed E-state index contributed by atoms with van der Waals surface area (Å²) in [6.07, 6.45) is 2.70. The van der Waals surface area contributed by atoms with Gasteiger partial charge in [-0.2, -0.15) is 0 Å². The summed E-state index contributed by atoms with van der Waals surface area (Å²) in [6.45, 7) is 6.40. The normalized spacial score (nSPS) is 17.8. The van der Waals surface area contributed by atoms with Crippen LogP contribution in [0.3, 0.4) is 0 Å². The Labute approximate surface area is 166 Å². The maximum atomic E-state index is 12.5. The smallest absolute Gasteiger partial charge is 0.335 e. The number of carbonyl (C=O) groups excluding carboxylic acids is 1. The Kier molecular flexibility index (Phi) is 6.34. The lowest BCUT2D eigenvalue weighted by Gasteiger charge is -2.35. The number of benzene rings is 2. The van der Waals surface area contributed by atoms with Crippen molar-refractivity contribution in [3.63, 3.8) is 0 Å². The minimum absolute atomic E-state index is 0.0719. The molecule has 5 nitrogen and oxygen atoms in total. The number of anilines is 1. The van der Waals surface area contributed by atoms with Crippen LogP contribution in [0.1, 0.15) is 54.2 Å². The van der Waals surface area contributed by atoms with Crippen molar-refractivity contribution in [1.82, 2.24) is 5.32 Å². The molecular formula is C23H28N2O3. The SMILES string of the molecule is CC1CCCN(c2ccccc2C(C)NC(=O)Cc2ccc(C(=O)O)cc2)C1. The number of amides is 1. The van der Waals surface area contributed by atoms with Crippen LogP contribution in [0.25, 0.3) is 0 Å². The second-order valence-electron chi connectivity index (χ2n) is 7.72. The molecule has 0 aromatic heterocycles. The fraction of sp³-hybridized carbons (Fsp3) is 0.391. The van der Waals surface area contributed by atoms with Gasteiger partial charge >= 0.3 is 5.97 Å². The van der Waals surface area contributed by atoms with Gasteiger partial charge in [-0.3, -0.25) is 4.79 Å². The Balaban J connectivity index is 1.66. The predicted molar refractivity (Wildman–Crippen MR) is 111 cm³/mol. The molecule has 1 aliphatic rings. The van der Waals surface area contributed by atoms with Gasteiger partial charge in [-0.05, 0) is 55.0 Å². The molecule has 28 heavy (non-hydrogen) atoms. The molecule has 5 heteroatoms. The van der Waals surface area contributed by atoms with Gasteiger partial charge in [-0.25, -0.2) is 4.79 Å². The fourth-order valence-electron chi connectivity index (χ4n) is 3.87. The Morgan fingerprint density at radius 3 is 2.57 bits per heavy atom. The molecule has 0 spiro atoms. The highest BCUT2D eigenvalue weighted by atomic mass is 16.4. The molecule has 2 aromatic carbocycles. The van der Waals surface area contributed by atoms with E-state index in [4.69, 9.17) is 5.11 Å². The second-order valence-corrected chi connectivity index (χ2v) is 7.72. The molecule has 0 aliphatic carbocycles. The molecule has 3 rings (SSSR count). The topological polar surface area (TPSA) is 69.6 Å². The molecule has 2 unspecified atom stereocenters. The number of carboxylic acid groups (broad SMARTS) is 1. The zero-order valence-corrected chi connectivity index (χ0v) is 16.5. The zero-order chi connectivity index (χ0) is 20.1. The summed E-state index contributed by atoms with van der Waals surface area (Å²) < 4.78 is 0. The number of rotatable bonds is 6. The van der Waals surface area contributed by atoms with Crippen LogP contribution in [-0.2, 0) is 11.2 Å². The Morgan fingerprint density at radius 2 is 1.89 bits per heavy atom. The monoisotopic (exact) mass is 380 g/mol. The first-order valence-electron chi connectivity index (χ1n) is 9.89. The number of carbonyl (C=O) groups is 2. The van der Waals surface area contributed by atoms with Crippen LogP contribution in [0.15, 0.2) is 48.5 Å². The first kappa shape index (κ1) is 19.9. The summed E-state index contributed by atoms with van der Waals surface area (Å²) in [5.74, 6) is -0.355. The van der Waals surface area contributed by atoms with E-state index in [0.717, 1.165) is 24.2 Å². The number of aromatic carboxylic acids is 1. The van der Waals surface area contributed by atoms with Crippen molar-refractivity contribution in [1.29, 1.82) is 0 Å². The molecule has 148 valence electrons. The number of hydrogen-bond acceptors (Lipinski definition) is 3. The van der Waals surface area contributed by atoms with Gasteiger partial charge in [0.15, 0.2) is 0 Å². The predicted octanol–water partition coefficient (Wildman–Crippen LogP) is 4.04. The molecule has 1 fully saturated rings. The Morgan fingerprint density at radius 1 is 1.18 bits per heavy atom. The maximum Gasteiger partial charge on any atom is 0.335 e. The molecule has 0 radical (unpaired) electrons. The first-order chi connectivity index (χ1) is 13.4. The highest BCUT2D eigenvalue weighted by molar-refractivity contribution is 5.87. The standard InChI is InChI=1S/C23H28N2O3/c1-16-6-5-13-25(15-16)21-8-4-3-7-20(21)17(2)24-22(26)14-18-9-11-19(12-10-18)23(27)28/h3-4,7-12,16-17H,5-6,13-15H2,1-2H3,(H,24,26)(H,27,28).